The van der Waals surface area contributed by atoms with Gasteiger partial charge in [0.2, 0.25) is 5.91 Å². The highest BCUT2D eigenvalue weighted by Gasteiger charge is 2.20. The largest absolute Gasteiger partial charge is 0.355 e. The second-order valence-corrected chi connectivity index (χ2v) is 4.08. The maximum Gasteiger partial charge on any atom is 0.237 e. The molecule has 1 aromatic heterocycles. The molecular weight excluding hydrogens is 204 g/mol. The molecule has 3 N–H and O–H groups in total. The molecule has 1 aromatic rings. The van der Waals surface area contributed by atoms with Crippen LogP contribution in [-0.2, 0) is 11.2 Å². The van der Waals surface area contributed by atoms with Gasteiger partial charge in [-0.15, -0.1) is 0 Å². The van der Waals surface area contributed by atoms with Crippen LogP contribution in [0.25, 0.3) is 0 Å². The molecule has 88 valence electrons. The molecular formula is C11H18N4O. The number of hydrogen-bond donors (Lipinski definition) is 3. The molecule has 0 spiro atoms. The molecule has 2 rings (SSSR count). The quantitative estimate of drug-likeness (QED) is 0.624. The first kappa shape index (κ1) is 11.1. The monoisotopic (exact) mass is 222 g/mol. The van der Waals surface area contributed by atoms with Gasteiger partial charge in [0.15, 0.2) is 0 Å². The fourth-order valence-electron chi connectivity index (χ4n) is 1.93. The number of aryl methyl sites for hydroxylation is 1. The summed E-state index contributed by atoms with van der Waals surface area (Å²) in [6, 6.07) is 0.0311. The van der Waals surface area contributed by atoms with E-state index in [1.165, 1.54) is 0 Å². The average molecular weight is 222 g/mol. The van der Waals surface area contributed by atoms with Crippen molar-refractivity contribution in [3.8, 4) is 0 Å². The van der Waals surface area contributed by atoms with E-state index in [0.717, 1.165) is 44.6 Å². The summed E-state index contributed by atoms with van der Waals surface area (Å²) in [5.74, 6) is 1.12. The predicted molar refractivity (Wildman–Crippen MR) is 60.9 cm³/mol. The Bertz CT molecular complexity index is 317. The number of nitrogens with one attached hydrogen (secondary N) is 3. The van der Waals surface area contributed by atoms with Gasteiger partial charge < -0.3 is 15.6 Å². The number of rotatable bonds is 5. The molecule has 1 unspecified atom stereocenters. The zero-order valence-electron chi connectivity index (χ0n) is 9.33. The van der Waals surface area contributed by atoms with E-state index in [-0.39, 0.29) is 11.9 Å². The lowest BCUT2D eigenvalue weighted by Gasteiger charge is -2.10. The number of aromatic nitrogens is 2. The first-order valence-electron chi connectivity index (χ1n) is 5.85. The molecule has 0 aliphatic carbocycles. The zero-order valence-corrected chi connectivity index (χ0v) is 9.33. The number of carbonyl (C=O) groups excluding carboxylic acids is 1. The second-order valence-electron chi connectivity index (χ2n) is 4.08. The normalized spacial score (nSPS) is 19.9. The molecule has 1 fully saturated rings. The number of nitrogens with zero attached hydrogens (tertiary/aromatic N) is 1. The van der Waals surface area contributed by atoms with E-state index >= 15 is 0 Å². The van der Waals surface area contributed by atoms with Crippen molar-refractivity contribution in [3.05, 3.63) is 18.2 Å². The summed E-state index contributed by atoms with van der Waals surface area (Å²) in [5, 5.41) is 6.12. The number of H-pyrrole nitrogens is 1. The summed E-state index contributed by atoms with van der Waals surface area (Å²) in [5.41, 5.74) is 0. The first-order valence-corrected chi connectivity index (χ1v) is 5.85. The topological polar surface area (TPSA) is 69.8 Å². The fraction of sp³-hybridized carbons (Fsp3) is 0.636. The molecule has 2 heterocycles. The molecule has 0 saturated carbocycles. The lowest BCUT2D eigenvalue weighted by atomic mass is 10.2. The Morgan fingerprint density at radius 3 is 3.25 bits per heavy atom. The number of carbonyl (C=O) groups is 1. The Labute approximate surface area is 95.0 Å². The van der Waals surface area contributed by atoms with Gasteiger partial charge in [0, 0.05) is 25.4 Å². The molecule has 1 atom stereocenters. The van der Waals surface area contributed by atoms with Crippen molar-refractivity contribution in [3.63, 3.8) is 0 Å². The average Bonchev–Trinajstić information content (AvgIpc) is 2.96. The van der Waals surface area contributed by atoms with Crippen molar-refractivity contribution in [2.75, 3.05) is 13.1 Å². The van der Waals surface area contributed by atoms with E-state index < -0.39 is 0 Å². The minimum absolute atomic E-state index is 0.0311. The van der Waals surface area contributed by atoms with Crippen molar-refractivity contribution < 1.29 is 4.79 Å². The maximum absolute atomic E-state index is 11.6. The lowest BCUT2D eigenvalue weighted by molar-refractivity contribution is -0.122. The molecule has 5 nitrogen and oxygen atoms in total. The van der Waals surface area contributed by atoms with Crippen LogP contribution in [-0.4, -0.2) is 35.0 Å². The Hall–Kier alpha value is -1.36. The Morgan fingerprint density at radius 2 is 2.56 bits per heavy atom. The smallest absolute Gasteiger partial charge is 0.237 e. The Morgan fingerprint density at radius 1 is 1.62 bits per heavy atom. The van der Waals surface area contributed by atoms with E-state index in [0.29, 0.717) is 0 Å². The van der Waals surface area contributed by atoms with Gasteiger partial charge in [-0.1, -0.05) is 0 Å². The van der Waals surface area contributed by atoms with Gasteiger partial charge in [0.1, 0.15) is 5.82 Å². The van der Waals surface area contributed by atoms with E-state index in [9.17, 15) is 4.79 Å². The molecule has 1 amide bonds. The van der Waals surface area contributed by atoms with Gasteiger partial charge in [-0.2, -0.15) is 0 Å². The highest BCUT2D eigenvalue weighted by molar-refractivity contribution is 5.81. The van der Waals surface area contributed by atoms with Gasteiger partial charge in [-0.05, 0) is 25.8 Å². The molecule has 1 aliphatic rings. The molecule has 5 heteroatoms. The third-order valence-corrected chi connectivity index (χ3v) is 2.82. The molecule has 0 radical (unpaired) electrons. The van der Waals surface area contributed by atoms with Crippen LogP contribution in [0.4, 0.5) is 0 Å². The molecule has 16 heavy (non-hydrogen) atoms. The van der Waals surface area contributed by atoms with Crippen LogP contribution in [0.2, 0.25) is 0 Å². The van der Waals surface area contributed by atoms with E-state index in [1.807, 2.05) is 6.20 Å². The van der Waals surface area contributed by atoms with Gasteiger partial charge in [-0.3, -0.25) is 4.79 Å². The van der Waals surface area contributed by atoms with Gasteiger partial charge in [-0.25, -0.2) is 4.98 Å². The van der Waals surface area contributed by atoms with E-state index in [2.05, 4.69) is 20.6 Å². The minimum Gasteiger partial charge on any atom is -0.355 e. The van der Waals surface area contributed by atoms with Crippen LogP contribution >= 0.6 is 0 Å². The minimum atomic E-state index is 0.0311. The van der Waals surface area contributed by atoms with Crippen molar-refractivity contribution in [1.29, 1.82) is 0 Å². The Kier molecular flexibility index (Phi) is 3.93. The van der Waals surface area contributed by atoms with Crippen molar-refractivity contribution in [2.24, 2.45) is 0 Å². The standard InChI is InChI=1S/C11H18N4O/c16-11(9-3-1-5-12-9)15-6-2-4-10-13-7-8-14-10/h7-9,12H,1-6H2,(H,13,14)(H,15,16). The van der Waals surface area contributed by atoms with Crippen LogP contribution < -0.4 is 10.6 Å². The van der Waals surface area contributed by atoms with Crippen molar-refractivity contribution in [2.45, 2.75) is 31.7 Å². The Balaban J connectivity index is 1.59. The van der Waals surface area contributed by atoms with Crippen LogP contribution in [0.3, 0.4) is 0 Å². The van der Waals surface area contributed by atoms with E-state index in [1.54, 1.807) is 6.20 Å². The number of hydrogen-bond acceptors (Lipinski definition) is 3. The summed E-state index contributed by atoms with van der Waals surface area (Å²) in [4.78, 5) is 18.8. The molecule has 1 aliphatic heterocycles. The van der Waals surface area contributed by atoms with E-state index in [4.69, 9.17) is 0 Å². The summed E-state index contributed by atoms with van der Waals surface area (Å²) >= 11 is 0. The summed E-state index contributed by atoms with van der Waals surface area (Å²) in [6.45, 7) is 1.68. The first-order chi connectivity index (χ1) is 7.86. The summed E-state index contributed by atoms with van der Waals surface area (Å²) in [6.07, 6.45) is 7.43. The predicted octanol–water partition coefficient (Wildman–Crippen LogP) is 0.210. The highest BCUT2D eigenvalue weighted by atomic mass is 16.2. The highest BCUT2D eigenvalue weighted by Crippen LogP contribution is 2.04. The summed E-state index contributed by atoms with van der Waals surface area (Å²) in [7, 11) is 0. The third kappa shape index (κ3) is 3.06. The van der Waals surface area contributed by atoms with Crippen LogP contribution in [0.5, 0.6) is 0 Å². The van der Waals surface area contributed by atoms with Crippen LogP contribution in [0, 0.1) is 0 Å². The third-order valence-electron chi connectivity index (χ3n) is 2.82. The zero-order chi connectivity index (χ0) is 11.2. The van der Waals surface area contributed by atoms with Gasteiger partial charge >= 0.3 is 0 Å². The molecule has 1 saturated heterocycles. The van der Waals surface area contributed by atoms with Crippen molar-refractivity contribution >= 4 is 5.91 Å². The molecule has 0 bridgehead atoms. The second kappa shape index (κ2) is 5.65. The van der Waals surface area contributed by atoms with Crippen LogP contribution in [0.15, 0.2) is 12.4 Å². The van der Waals surface area contributed by atoms with Crippen LogP contribution in [0.1, 0.15) is 25.1 Å². The fourth-order valence-corrected chi connectivity index (χ4v) is 1.93. The summed E-state index contributed by atoms with van der Waals surface area (Å²) < 4.78 is 0. The van der Waals surface area contributed by atoms with Gasteiger partial charge in [0.05, 0.1) is 6.04 Å². The molecule has 0 aromatic carbocycles. The lowest BCUT2D eigenvalue weighted by Crippen LogP contribution is -2.40. The maximum atomic E-state index is 11.6. The number of aromatic amines is 1. The number of imidazole rings is 1. The SMILES string of the molecule is O=C(NCCCc1ncc[nH]1)C1CCCN1. The van der Waals surface area contributed by atoms with Gasteiger partial charge in [0.25, 0.3) is 0 Å². The van der Waals surface area contributed by atoms with Crippen molar-refractivity contribution in [1.82, 2.24) is 20.6 Å². The number of amides is 1.